The zero-order chi connectivity index (χ0) is 8.43. The van der Waals surface area contributed by atoms with E-state index in [1.54, 1.807) is 0 Å². The summed E-state index contributed by atoms with van der Waals surface area (Å²) in [5.74, 6) is -1.63. The fourth-order valence-electron chi connectivity index (χ4n) is 0.649. The van der Waals surface area contributed by atoms with E-state index < -0.39 is 16.7 Å². The third kappa shape index (κ3) is 1.74. The molecule has 0 aromatic heterocycles. The Labute approximate surface area is 70.7 Å². The molecule has 0 radical (unpaired) electrons. The molecule has 1 atom stereocenters. The van der Waals surface area contributed by atoms with E-state index in [4.69, 9.17) is 5.11 Å². The minimum absolute atomic E-state index is 0.0185. The molecule has 1 unspecified atom stereocenters. The number of carboxylic acids is 1. The lowest BCUT2D eigenvalue weighted by Crippen LogP contribution is -2.18. The largest absolute Gasteiger partial charge is 0.478 e. The maximum Gasteiger partial charge on any atom is 0.333 e. The molecule has 1 rings (SSSR count). The predicted molar refractivity (Wildman–Crippen MR) is 41.9 cm³/mol. The maximum atomic E-state index is 10.6. The van der Waals surface area contributed by atoms with Crippen LogP contribution in [0.2, 0.25) is 0 Å². The third-order valence-electron chi connectivity index (χ3n) is 1.16. The fourth-order valence-corrected chi connectivity index (χ4v) is 1.10. The second-order valence-corrected chi connectivity index (χ2v) is 2.91. The molecule has 0 aromatic rings. The highest BCUT2D eigenvalue weighted by Gasteiger charge is 2.20. The Bertz CT molecular complexity index is 269. The summed E-state index contributed by atoms with van der Waals surface area (Å²) in [5, 5.41) is 8.51. The van der Waals surface area contributed by atoms with Crippen LogP contribution < -0.4 is 0 Å². The van der Waals surface area contributed by atoms with Crippen LogP contribution in [0.1, 0.15) is 0 Å². The maximum absolute atomic E-state index is 10.6. The quantitative estimate of drug-likeness (QED) is 0.646. The number of halogens is 1. The summed E-state index contributed by atoms with van der Waals surface area (Å²) < 4.78 is 0. The van der Waals surface area contributed by atoms with Crippen LogP contribution in [0.4, 0.5) is 0 Å². The smallest absolute Gasteiger partial charge is 0.333 e. The molecule has 0 aromatic carbocycles. The van der Waals surface area contributed by atoms with Gasteiger partial charge in [0.25, 0.3) is 5.91 Å². The Morgan fingerprint density at radius 2 is 2.36 bits per heavy atom. The summed E-state index contributed by atoms with van der Waals surface area (Å²) in [5.41, 5.74) is 0.0185. The van der Waals surface area contributed by atoms with Crippen LogP contribution in [0, 0.1) is 0 Å². The number of carbonyl (C=O) groups excluding carboxylic acids is 1. The number of carboxylic acid groups (broad SMARTS) is 1. The number of dihydropyridines is 1. The van der Waals surface area contributed by atoms with E-state index in [2.05, 4.69) is 20.9 Å². The number of rotatable bonds is 1. The van der Waals surface area contributed by atoms with Gasteiger partial charge in [-0.05, 0) is 0 Å². The van der Waals surface area contributed by atoms with E-state index in [1.165, 1.54) is 6.21 Å². The van der Waals surface area contributed by atoms with Gasteiger partial charge in [-0.2, -0.15) is 0 Å². The molecule has 11 heavy (non-hydrogen) atoms. The van der Waals surface area contributed by atoms with Crippen LogP contribution in [0.5, 0.6) is 0 Å². The molecule has 4 nitrogen and oxygen atoms in total. The van der Waals surface area contributed by atoms with E-state index in [9.17, 15) is 9.59 Å². The number of alkyl halides is 1. The van der Waals surface area contributed by atoms with E-state index in [0.717, 1.165) is 6.08 Å². The molecule has 0 bridgehead atoms. The number of hydrogen-bond donors (Lipinski definition) is 1. The van der Waals surface area contributed by atoms with Gasteiger partial charge >= 0.3 is 5.97 Å². The minimum Gasteiger partial charge on any atom is -0.478 e. The molecule has 0 fully saturated rings. The molecule has 0 saturated carbocycles. The standard InChI is InChI=1S/C6H4BrNO3/c7-4-2-8-5(9)1-3(4)6(10)11/h1-2,4H,(H,10,11). The number of nitrogens with zero attached hydrogens (tertiary/aromatic N) is 1. The zero-order valence-corrected chi connectivity index (χ0v) is 6.91. The van der Waals surface area contributed by atoms with Crippen molar-refractivity contribution in [3.8, 4) is 0 Å². The molecule has 1 amide bonds. The van der Waals surface area contributed by atoms with Crippen molar-refractivity contribution in [2.45, 2.75) is 4.83 Å². The average molecular weight is 218 g/mol. The first-order chi connectivity index (χ1) is 5.11. The van der Waals surface area contributed by atoms with Gasteiger partial charge in [-0.15, -0.1) is 0 Å². The second-order valence-electron chi connectivity index (χ2n) is 1.92. The average Bonchev–Trinajstić information content (AvgIpc) is 1.94. The Kier molecular flexibility index (Phi) is 2.19. The first kappa shape index (κ1) is 8.13. The lowest BCUT2D eigenvalue weighted by atomic mass is 10.1. The highest BCUT2D eigenvalue weighted by molar-refractivity contribution is 9.10. The third-order valence-corrected chi connectivity index (χ3v) is 1.89. The molecule has 58 valence electrons. The Morgan fingerprint density at radius 1 is 1.73 bits per heavy atom. The number of aliphatic imine (C=N–C) groups is 1. The molecular formula is C6H4BrNO3. The minimum atomic E-state index is -1.11. The van der Waals surface area contributed by atoms with Gasteiger partial charge in [0, 0.05) is 12.3 Å². The van der Waals surface area contributed by atoms with Gasteiger partial charge in [0.05, 0.1) is 10.4 Å². The topological polar surface area (TPSA) is 66.7 Å². The molecule has 1 aliphatic rings. The monoisotopic (exact) mass is 217 g/mol. The Morgan fingerprint density at radius 3 is 2.82 bits per heavy atom. The molecule has 0 aliphatic carbocycles. The predicted octanol–water partition coefficient (Wildman–Crippen LogP) is 0.372. The summed E-state index contributed by atoms with van der Waals surface area (Å²) in [7, 11) is 0. The van der Waals surface area contributed by atoms with Crippen LogP contribution in [-0.2, 0) is 9.59 Å². The summed E-state index contributed by atoms with van der Waals surface area (Å²) in [4.78, 5) is 23.9. The van der Waals surface area contributed by atoms with Gasteiger partial charge in [0.1, 0.15) is 0 Å². The summed E-state index contributed by atoms with van der Waals surface area (Å²) >= 11 is 3.03. The highest BCUT2D eigenvalue weighted by atomic mass is 79.9. The lowest BCUT2D eigenvalue weighted by molar-refractivity contribution is -0.133. The van der Waals surface area contributed by atoms with Gasteiger partial charge < -0.3 is 5.11 Å². The van der Waals surface area contributed by atoms with Crippen molar-refractivity contribution in [2.24, 2.45) is 4.99 Å². The van der Waals surface area contributed by atoms with Gasteiger partial charge in [-0.1, -0.05) is 15.9 Å². The lowest BCUT2D eigenvalue weighted by Gasteiger charge is -2.07. The van der Waals surface area contributed by atoms with Crippen LogP contribution >= 0.6 is 15.9 Å². The van der Waals surface area contributed by atoms with Crippen LogP contribution in [0.25, 0.3) is 0 Å². The zero-order valence-electron chi connectivity index (χ0n) is 5.32. The van der Waals surface area contributed by atoms with Gasteiger partial charge in [-0.25, -0.2) is 9.79 Å². The molecule has 1 N–H and O–H groups in total. The van der Waals surface area contributed by atoms with Crippen molar-refractivity contribution in [3.63, 3.8) is 0 Å². The number of carbonyl (C=O) groups is 2. The number of amides is 1. The SMILES string of the molecule is O=C1C=C(C(=O)O)C(Br)C=N1. The Balaban J connectivity index is 2.93. The van der Waals surface area contributed by atoms with Gasteiger partial charge in [-0.3, -0.25) is 4.79 Å². The highest BCUT2D eigenvalue weighted by Crippen LogP contribution is 2.14. The summed E-state index contributed by atoms with van der Waals surface area (Å²) in [6.45, 7) is 0. The van der Waals surface area contributed by atoms with E-state index in [0.29, 0.717) is 0 Å². The van der Waals surface area contributed by atoms with E-state index in [1.807, 2.05) is 0 Å². The summed E-state index contributed by atoms with van der Waals surface area (Å²) in [6.07, 6.45) is 2.26. The molecular weight excluding hydrogens is 214 g/mol. The Hall–Kier alpha value is -0.970. The molecule has 0 saturated heterocycles. The molecule has 1 aliphatic heterocycles. The van der Waals surface area contributed by atoms with Crippen LogP contribution in [-0.4, -0.2) is 28.0 Å². The van der Waals surface area contributed by atoms with Gasteiger partial charge in [0.2, 0.25) is 0 Å². The van der Waals surface area contributed by atoms with Crippen molar-refractivity contribution in [2.75, 3.05) is 0 Å². The van der Waals surface area contributed by atoms with Crippen LogP contribution in [0.15, 0.2) is 16.6 Å². The first-order valence-electron chi connectivity index (χ1n) is 2.78. The molecule has 0 spiro atoms. The van der Waals surface area contributed by atoms with Crippen molar-refractivity contribution in [1.29, 1.82) is 0 Å². The van der Waals surface area contributed by atoms with Crippen molar-refractivity contribution in [3.05, 3.63) is 11.6 Å². The van der Waals surface area contributed by atoms with Gasteiger partial charge in [0.15, 0.2) is 0 Å². The molecule has 1 heterocycles. The fraction of sp³-hybridized carbons (Fsp3) is 0.167. The van der Waals surface area contributed by atoms with Crippen molar-refractivity contribution in [1.82, 2.24) is 0 Å². The van der Waals surface area contributed by atoms with Crippen molar-refractivity contribution >= 4 is 34.0 Å². The van der Waals surface area contributed by atoms with Crippen LogP contribution in [0.3, 0.4) is 0 Å². The van der Waals surface area contributed by atoms with Crippen molar-refractivity contribution < 1.29 is 14.7 Å². The van der Waals surface area contributed by atoms with E-state index in [-0.39, 0.29) is 5.57 Å². The summed E-state index contributed by atoms with van der Waals surface area (Å²) in [6, 6.07) is 0. The molecule has 5 heteroatoms. The van der Waals surface area contributed by atoms with E-state index >= 15 is 0 Å². The number of aliphatic carboxylic acids is 1. The first-order valence-corrected chi connectivity index (χ1v) is 3.70. The second kappa shape index (κ2) is 2.96. The normalized spacial score (nSPS) is 23.2. The number of hydrogen-bond acceptors (Lipinski definition) is 2.